The van der Waals surface area contributed by atoms with Gasteiger partial charge in [-0.15, -0.1) is 0 Å². The van der Waals surface area contributed by atoms with Gasteiger partial charge in [0, 0.05) is 5.56 Å². The lowest BCUT2D eigenvalue weighted by atomic mass is 10.1. The molecule has 0 radical (unpaired) electrons. The Hall–Kier alpha value is -2.74. The summed E-state index contributed by atoms with van der Waals surface area (Å²) in [4.78, 5) is 0. The molecule has 0 aliphatic carbocycles. The van der Waals surface area contributed by atoms with Crippen LogP contribution in [0.5, 0.6) is 11.5 Å². The molecule has 1 heterocycles. The zero-order valence-electron chi connectivity index (χ0n) is 14.0. The maximum Gasteiger partial charge on any atom is 0.156 e. The molecule has 2 aromatic rings. The van der Waals surface area contributed by atoms with Gasteiger partial charge in [-0.25, -0.2) is 0 Å². The van der Waals surface area contributed by atoms with Gasteiger partial charge in [-0.05, 0) is 48.6 Å². The third-order valence-electron chi connectivity index (χ3n) is 3.85. The summed E-state index contributed by atoms with van der Waals surface area (Å²) in [5, 5.41) is 10.1. The highest BCUT2D eigenvalue weighted by Gasteiger charge is 2.36. The molecule has 2 aromatic carbocycles. The summed E-state index contributed by atoms with van der Waals surface area (Å²) in [7, 11) is 1.61. The van der Waals surface area contributed by atoms with Crippen LogP contribution in [0, 0.1) is 11.8 Å². The Kier molecular flexibility index (Phi) is 5.73. The SMILES string of the molecule is COc1ccc(O[C@@H]2[C@H](O)CO[C@@H]2C=CC#Cc2ccccc2)cc1. The van der Waals surface area contributed by atoms with Crippen molar-refractivity contribution in [1.29, 1.82) is 0 Å². The van der Waals surface area contributed by atoms with Crippen LogP contribution in [-0.2, 0) is 4.74 Å². The van der Waals surface area contributed by atoms with Crippen molar-refractivity contribution in [2.75, 3.05) is 13.7 Å². The number of benzene rings is 2. The van der Waals surface area contributed by atoms with Gasteiger partial charge < -0.3 is 19.3 Å². The monoisotopic (exact) mass is 336 g/mol. The third kappa shape index (κ3) is 4.63. The van der Waals surface area contributed by atoms with Gasteiger partial charge in [0.15, 0.2) is 6.10 Å². The Bertz CT molecular complexity index is 756. The zero-order chi connectivity index (χ0) is 17.5. The second-order valence-corrected chi connectivity index (χ2v) is 5.62. The van der Waals surface area contributed by atoms with Crippen molar-refractivity contribution in [3.8, 4) is 23.3 Å². The number of hydrogen-bond acceptors (Lipinski definition) is 4. The summed E-state index contributed by atoms with van der Waals surface area (Å²) >= 11 is 0. The number of aliphatic hydroxyl groups is 1. The first-order valence-electron chi connectivity index (χ1n) is 8.10. The Morgan fingerprint density at radius 2 is 1.80 bits per heavy atom. The summed E-state index contributed by atoms with van der Waals surface area (Å²) in [6.07, 6.45) is 2.06. The molecule has 3 rings (SSSR count). The maximum atomic E-state index is 10.1. The highest BCUT2D eigenvalue weighted by molar-refractivity contribution is 5.37. The number of allylic oxidation sites excluding steroid dienone is 1. The molecule has 1 aliphatic heterocycles. The van der Waals surface area contributed by atoms with E-state index in [1.165, 1.54) is 0 Å². The Morgan fingerprint density at radius 1 is 1.08 bits per heavy atom. The van der Waals surface area contributed by atoms with Crippen molar-refractivity contribution in [2.45, 2.75) is 18.3 Å². The number of ether oxygens (including phenoxy) is 3. The van der Waals surface area contributed by atoms with Crippen LogP contribution in [0.2, 0.25) is 0 Å². The average molecular weight is 336 g/mol. The second kappa shape index (κ2) is 8.39. The first kappa shape index (κ1) is 17.1. The smallest absolute Gasteiger partial charge is 0.156 e. The van der Waals surface area contributed by atoms with Gasteiger partial charge >= 0.3 is 0 Å². The van der Waals surface area contributed by atoms with E-state index < -0.39 is 12.2 Å². The molecule has 128 valence electrons. The van der Waals surface area contributed by atoms with Crippen LogP contribution in [0.25, 0.3) is 0 Å². The minimum atomic E-state index is -0.682. The van der Waals surface area contributed by atoms with E-state index in [0.717, 1.165) is 11.3 Å². The largest absolute Gasteiger partial charge is 0.497 e. The van der Waals surface area contributed by atoms with Gasteiger partial charge in [0.05, 0.1) is 13.7 Å². The average Bonchev–Trinajstić information content (AvgIpc) is 3.00. The molecular weight excluding hydrogens is 316 g/mol. The van der Waals surface area contributed by atoms with Crippen molar-refractivity contribution in [2.24, 2.45) is 0 Å². The minimum Gasteiger partial charge on any atom is -0.497 e. The summed E-state index contributed by atoms with van der Waals surface area (Å²) < 4.78 is 16.6. The molecule has 25 heavy (non-hydrogen) atoms. The van der Waals surface area contributed by atoms with Crippen LogP contribution in [0.15, 0.2) is 66.7 Å². The number of rotatable bonds is 4. The normalized spacial score (nSPS) is 22.4. The van der Waals surface area contributed by atoms with E-state index in [2.05, 4.69) is 11.8 Å². The van der Waals surface area contributed by atoms with Gasteiger partial charge in [-0.1, -0.05) is 30.0 Å². The molecule has 0 spiro atoms. The first-order valence-corrected chi connectivity index (χ1v) is 8.10. The topological polar surface area (TPSA) is 47.9 Å². The lowest BCUT2D eigenvalue weighted by molar-refractivity contribution is 0.0610. The fraction of sp³-hybridized carbons (Fsp3) is 0.238. The summed E-state index contributed by atoms with van der Waals surface area (Å²) in [6, 6.07) is 17.0. The van der Waals surface area contributed by atoms with Crippen molar-refractivity contribution in [1.82, 2.24) is 0 Å². The van der Waals surface area contributed by atoms with Gasteiger partial charge in [0.1, 0.15) is 23.7 Å². The van der Waals surface area contributed by atoms with Gasteiger partial charge in [0.2, 0.25) is 0 Å². The van der Waals surface area contributed by atoms with E-state index in [0.29, 0.717) is 5.75 Å². The predicted molar refractivity (Wildman–Crippen MR) is 95.6 cm³/mol. The molecule has 0 unspecified atom stereocenters. The molecule has 3 atom stereocenters. The Balaban J connectivity index is 1.64. The van der Waals surface area contributed by atoms with Crippen molar-refractivity contribution in [3.05, 3.63) is 72.3 Å². The van der Waals surface area contributed by atoms with E-state index in [9.17, 15) is 5.11 Å². The maximum absolute atomic E-state index is 10.1. The van der Waals surface area contributed by atoms with Crippen LogP contribution in [0.1, 0.15) is 5.56 Å². The first-order chi connectivity index (χ1) is 12.3. The lowest BCUT2D eigenvalue weighted by Gasteiger charge is -2.19. The zero-order valence-corrected chi connectivity index (χ0v) is 14.0. The molecule has 0 aromatic heterocycles. The summed E-state index contributed by atoms with van der Waals surface area (Å²) in [6.45, 7) is 0.238. The van der Waals surface area contributed by atoms with Crippen molar-refractivity contribution in [3.63, 3.8) is 0 Å². The van der Waals surface area contributed by atoms with Gasteiger partial charge in [-0.2, -0.15) is 0 Å². The van der Waals surface area contributed by atoms with Crippen molar-refractivity contribution < 1.29 is 19.3 Å². The van der Waals surface area contributed by atoms with E-state index in [1.807, 2.05) is 48.5 Å². The number of hydrogen-bond donors (Lipinski definition) is 1. The third-order valence-corrected chi connectivity index (χ3v) is 3.85. The summed E-state index contributed by atoms with van der Waals surface area (Å²) in [5.74, 6) is 7.44. The molecule has 0 bridgehead atoms. The molecule has 0 saturated carbocycles. The fourth-order valence-corrected chi connectivity index (χ4v) is 2.53. The van der Waals surface area contributed by atoms with Crippen molar-refractivity contribution >= 4 is 0 Å². The molecule has 1 saturated heterocycles. The Labute approximate surface area is 147 Å². The molecule has 0 amide bonds. The molecule has 1 fully saturated rings. The molecule has 4 nitrogen and oxygen atoms in total. The van der Waals surface area contributed by atoms with Crippen LogP contribution >= 0.6 is 0 Å². The van der Waals surface area contributed by atoms with Gasteiger partial charge in [-0.3, -0.25) is 0 Å². The predicted octanol–water partition coefficient (Wildman–Crippen LogP) is 2.81. The quantitative estimate of drug-likeness (QED) is 0.872. The highest BCUT2D eigenvalue weighted by atomic mass is 16.6. The van der Waals surface area contributed by atoms with Crippen LogP contribution in [-0.4, -0.2) is 37.1 Å². The lowest BCUT2D eigenvalue weighted by Crippen LogP contribution is -2.34. The molecule has 1 aliphatic rings. The number of aliphatic hydroxyl groups excluding tert-OH is 1. The highest BCUT2D eigenvalue weighted by Crippen LogP contribution is 2.24. The van der Waals surface area contributed by atoms with Crippen LogP contribution in [0.3, 0.4) is 0 Å². The van der Waals surface area contributed by atoms with Crippen LogP contribution in [0.4, 0.5) is 0 Å². The molecule has 1 N–H and O–H groups in total. The van der Waals surface area contributed by atoms with E-state index in [1.54, 1.807) is 25.3 Å². The van der Waals surface area contributed by atoms with E-state index in [-0.39, 0.29) is 12.7 Å². The van der Waals surface area contributed by atoms with E-state index >= 15 is 0 Å². The fourth-order valence-electron chi connectivity index (χ4n) is 2.53. The number of methoxy groups -OCH3 is 1. The molecule has 4 heteroatoms. The standard InChI is InChI=1S/C21H20O4/c1-23-17-11-13-18(14-12-17)25-21-19(22)15-24-20(21)10-6-5-9-16-7-3-2-4-8-16/h2-4,6-8,10-14,19-22H,15H2,1H3/t19-,20-,21-/m1/s1. The van der Waals surface area contributed by atoms with Crippen LogP contribution < -0.4 is 9.47 Å². The second-order valence-electron chi connectivity index (χ2n) is 5.62. The van der Waals surface area contributed by atoms with E-state index in [4.69, 9.17) is 14.2 Å². The Morgan fingerprint density at radius 3 is 2.52 bits per heavy atom. The van der Waals surface area contributed by atoms with Gasteiger partial charge in [0.25, 0.3) is 0 Å². The summed E-state index contributed by atoms with van der Waals surface area (Å²) in [5.41, 5.74) is 0.950. The molecular formula is C21H20O4. The minimum absolute atomic E-state index is 0.238.